The van der Waals surface area contributed by atoms with Crippen molar-refractivity contribution in [1.82, 2.24) is 20.2 Å². The average molecular weight is 344 g/mol. The molecule has 2 aromatic heterocycles. The van der Waals surface area contributed by atoms with Gasteiger partial charge in [0.2, 0.25) is 0 Å². The lowest BCUT2D eigenvalue weighted by Gasteiger charge is -2.26. The molecule has 1 aromatic carbocycles. The number of aromatic nitrogens is 4. The Kier molecular flexibility index (Phi) is 4.89. The Bertz CT molecular complexity index is 782. The molecule has 1 unspecified atom stereocenters. The van der Waals surface area contributed by atoms with Crippen molar-refractivity contribution in [2.24, 2.45) is 5.41 Å². The quantitative estimate of drug-likeness (QED) is 0.663. The number of carbonyl (C=O) groups is 1. The summed E-state index contributed by atoms with van der Waals surface area (Å²) in [4.78, 5) is 20.8. The van der Waals surface area contributed by atoms with Crippen LogP contribution >= 0.6 is 11.3 Å². The fraction of sp³-hybridized carbons (Fsp3) is 0.412. The number of fused-ring (bicyclic) bond motifs is 1. The summed E-state index contributed by atoms with van der Waals surface area (Å²) in [5.41, 5.74) is 0.843. The SMILES string of the molecule is CCC(C)(CC(=O)OCc1ncn[nH]1)Cc1nc2ccccc2s1. The maximum Gasteiger partial charge on any atom is 0.306 e. The van der Waals surface area contributed by atoms with Gasteiger partial charge in [0.15, 0.2) is 12.4 Å². The summed E-state index contributed by atoms with van der Waals surface area (Å²) in [6.45, 7) is 4.32. The van der Waals surface area contributed by atoms with Crippen LogP contribution in [0.3, 0.4) is 0 Å². The third-order valence-electron chi connectivity index (χ3n) is 4.18. The normalized spacial score (nSPS) is 13.8. The van der Waals surface area contributed by atoms with Crippen molar-refractivity contribution in [3.63, 3.8) is 0 Å². The van der Waals surface area contributed by atoms with Gasteiger partial charge >= 0.3 is 5.97 Å². The monoisotopic (exact) mass is 344 g/mol. The first-order valence-corrected chi connectivity index (χ1v) is 8.74. The molecule has 0 aliphatic carbocycles. The first-order valence-electron chi connectivity index (χ1n) is 7.92. The number of thiazole rings is 1. The van der Waals surface area contributed by atoms with Gasteiger partial charge in [-0.2, -0.15) is 5.10 Å². The number of esters is 1. The Morgan fingerprint density at radius 3 is 2.92 bits per heavy atom. The molecule has 0 radical (unpaired) electrons. The van der Waals surface area contributed by atoms with Crippen LogP contribution in [-0.2, 0) is 22.6 Å². The third-order valence-corrected chi connectivity index (χ3v) is 5.21. The number of nitrogens with zero attached hydrogens (tertiary/aromatic N) is 3. The summed E-state index contributed by atoms with van der Waals surface area (Å²) in [5.74, 6) is 0.324. The molecule has 7 heteroatoms. The Morgan fingerprint density at radius 2 is 2.21 bits per heavy atom. The fourth-order valence-corrected chi connectivity index (χ4v) is 3.71. The number of rotatable bonds is 7. The molecule has 2 heterocycles. The van der Waals surface area contributed by atoms with Gasteiger partial charge in [-0.3, -0.25) is 9.89 Å². The van der Waals surface area contributed by atoms with Crippen LogP contribution in [0.4, 0.5) is 0 Å². The number of ether oxygens (including phenoxy) is 1. The summed E-state index contributed by atoms with van der Waals surface area (Å²) >= 11 is 1.69. The Balaban J connectivity index is 1.63. The Morgan fingerprint density at radius 1 is 1.38 bits per heavy atom. The van der Waals surface area contributed by atoms with Crippen LogP contribution in [0.2, 0.25) is 0 Å². The number of carbonyl (C=O) groups excluding carboxylic acids is 1. The molecular formula is C17H20N4O2S. The standard InChI is InChI=1S/C17H20N4O2S/c1-3-17(2,9-16(22)23-10-14-18-11-19-21-14)8-15-20-12-6-4-5-7-13(12)24-15/h4-7,11H,3,8-10H2,1-2H3,(H,18,19,21). The second-order valence-corrected chi connectivity index (χ2v) is 7.30. The highest BCUT2D eigenvalue weighted by atomic mass is 32.1. The van der Waals surface area contributed by atoms with E-state index in [-0.39, 0.29) is 18.0 Å². The molecule has 0 saturated heterocycles. The van der Waals surface area contributed by atoms with E-state index in [9.17, 15) is 4.79 Å². The first kappa shape index (κ1) is 16.6. The molecule has 0 saturated carbocycles. The van der Waals surface area contributed by atoms with E-state index in [0.717, 1.165) is 23.4 Å². The van der Waals surface area contributed by atoms with E-state index in [2.05, 4.69) is 40.1 Å². The minimum absolute atomic E-state index is 0.125. The van der Waals surface area contributed by atoms with Crippen LogP contribution in [0, 0.1) is 5.41 Å². The fourth-order valence-electron chi connectivity index (χ4n) is 2.52. The van der Waals surface area contributed by atoms with Crippen LogP contribution in [0.25, 0.3) is 10.2 Å². The van der Waals surface area contributed by atoms with E-state index < -0.39 is 0 Å². The van der Waals surface area contributed by atoms with Crippen LogP contribution < -0.4 is 0 Å². The van der Waals surface area contributed by atoms with Crippen LogP contribution in [-0.4, -0.2) is 26.1 Å². The molecule has 0 spiro atoms. The molecule has 1 N–H and O–H groups in total. The molecule has 0 fully saturated rings. The summed E-state index contributed by atoms with van der Waals surface area (Å²) in [5, 5.41) is 7.47. The number of benzene rings is 1. The predicted octanol–water partition coefficient (Wildman–Crippen LogP) is 3.51. The molecule has 1 atom stereocenters. The van der Waals surface area contributed by atoms with Crippen molar-refractivity contribution in [3.05, 3.63) is 41.4 Å². The lowest BCUT2D eigenvalue weighted by atomic mass is 9.81. The average Bonchev–Trinajstić information content (AvgIpc) is 3.21. The number of hydrogen-bond donors (Lipinski definition) is 1. The number of aromatic amines is 1. The smallest absolute Gasteiger partial charge is 0.306 e. The molecule has 0 amide bonds. The number of H-pyrrole nitrogens is 1. The van der Waals surface area contributed by atoms with E-state index in [1.807, 2.05) is 18.2 Å². The van der Waals surface area contributed by atoms with Gasteiger partial charge in [-0.05, 0) is 24.0 Å². The van der Waals surface area contributed by atoms with Gasteiger partial charge in [0, 0.05) is 6.42 Å². The van der Waals surface area contributed by atoms with Gasteiger partial charge in [-0.25, -0.2) is 9.97 Å². The molecule has 0 aliphatic rings. The summed E-state index contributed by atoms with van der Waals surface area (Å²) in [6, 6.07) is 8.10. The molecule has 0 bridgehead atoms. The summed E-state index contributed by atoms with van der Waals surface area (Å²) in [7, 11) is 0. The number of hydrogen-bond acceptors (Lipinski definition) is 6. The zero-order valence-corrected chi connectivity index (χ0v) is 14.6. The topological polar surface area (TPSA) is 80.8 Å². The van der Waals surface area contributed by atoms with Crippen LogP contribution in [0.15, 0.2) is 30.6 Å². The van der Waals surface area contributed by atoms with E-state index in [1.165, 1.54) is 11.0 Å². The largest absolute Gasteiger partial charge is 0.457 e. The van der Waals surface area contributed by atoms with Gasteiger partial charge in [-0.1, -0.05) is 26.0 Å². The van der Waals surface area contributed by atoms with E-state index in [1.54, 1.807) is 11.3 Å². The highest BCUT2D eigenvalue weighted by molar-refractivity contribution is 7.18. The molecule has 6 nitrogen and oxygen atoms in total. The summed E-state index contributed by atoms with van der Waals surface area (Å²) in [6.07, 6.45) is 3.39. The lowest BCUT2D eigenvalue weighted by Crippen LogP contribution is -2.24. The molecule has 24 heavy (non-hydrogen) atoms. The molecule has 3 aromatic rings. The maximum atomic E-state index is 12.2. The first-order chi connectivity index (χ1) is 11.6. The Labute approximate surface area is 144 Å². The minimum Gasteiger partial charge on any atom is -0.457 e. The third kappa shape index (κ3) is 3.97. The van der Waals surface area contributed by atoms with Crippen molar-refractivity contribution >= 4 is 27.5 Å². The molecule has 3 rings (SSSR count). The maximum absolute atomic E-state index is 12.2. The van der Waals surface area contributed by atoms with Crippen molar-refractivity contribution in [2.45, 2.75) is 39.7 Å². The summed E-state index contributed by atoms with van der Waals surface area (Å²) < 4.78 is 6.47. The van der Waals surface area contributed by atoms with Gasteiger partial charge in [0.1, 0.15) is 6.33 Å². The number of nitrogens with one attached hydrogen (secondary N) is 1. The zero-order chi connectivity index (χ0) is 17.0. The Hall–Kier alpha value is -2.28. The lowest BCUT2D eigenvalue weighted by molar-refractivity contribution is -0.147. The minimum atomic E-state index is -0.225. The van der Waals surface area contributed by atoms with E-state index >= 15 is 0 Å². The van der Waals surface area contributed by atoms with Gasteiger partial charge in [-0.15, -0.1) is 11.3 Å². The second kappa shape index (κ2) is 7.09. The van der Waals surface area contributed by atoms with Crippen LogP contribution in [0.5, 0.6) is 0 Å². The van der Waals surface area contributed by atoms with Crippen molar-refractivity contribution in [2.75, 3.05) is 0 Å². The number of para-hydroxylation sites is 1. The van der Waals surface area contributed by atoms with E-state index in [0.29, 0.717) is 12.2 Å². The van der Waals surface area contributed by atoms with Gasteiger partial charge < -0.3 is 4.74 Å². The van der Waals surface area contributed by atoms with Gasteiger partial charge in [0.25, 0.3) is 0 Å². The van der Waals surface area contributed by atoms with Crippen molar-refractivity contribution in [1.29, 1.82) is 0 Å². The molecular weight excluding hydrogens is 324 g/mol. The van der Waals surface area contributed by atoms with Gasteiger partial charge in [0.05, 0.1) is 21.6 Å². The predicted molar refractivity (Wildman–Crippen MR) is 92.5 cm³/mol. The van der Waals surface area contributed by atoms with Crippen molar-refractivity contribution in [3.8, 4) is 0 Å². The van der Waals surface area contributed by atoms with Crippen molar-refractivity contribution < 1.29 is 9.53 Å². The molecule has 0 aliphatic heterocycles. The second-order valence-electron chi connectivity index (χ2n) is 6.19. The zero-order valence-electron chi connectivity index (χ0n) is 13.8. The molecule has 126 valence electrons. The van der Waals surface area contributed by atoms with Crippen LogP contribution in [0.1, 0.15) is 37.5 Å². The highest BCUT2D eigenvalue weighted by Gasteiger charge is 2.28. The highest BCUT2D eigenvalue weighted by Crippen LogP contribution is 2.34. The van der Waals surface area contributed by atoms with E-state index in [4.69, 9.17) is 4.74 Å².